The molecular weight excluding hydrogens is 399 g/mol. The first-order valence-corrected chi connectivity index (χ1v) is 8.46. The number of nitrogens with zero attached hydrogens (tertiary/aromatic N) is 1. The van der Waals surface area contributed by atoms with Gasteiger partial charge >= 0.3 is 5.91 Å². The number of carbonyl (C=O) groups excluding carboxylic acids is 2. The summed E-state index contributed by atoms with van der Waals surface area (Å²) in [6.45, 7) is 0.522. The molecule has 7 heteroatoms. The zero-order chi connectivity index (χ0) is 17.4. The highest BCUT2D eigenvalue weighted by Crippen LogP contribution is 2.35. The molecule has 0 spiro atoms. The largest absolute Gasteiger partial charge is 0.316 e. The number of Topliss-reactive ketones (excluding diaryl/α,β-unsaturated/α-hetero) is 1. The van der Waals surface area contributed by atoms with Gasteiger partial charge in [-0.25, -0.2) is 4.39 Å². The number of nitrogens with one attached hydrogen (secondary N) is 1. The summed E-state index contributed by atoms with van der Waals surface area (Å²) in [5.41, 5.74) is 1.33. The number of carbonyl (C=O) groups is 2. The predicted octanol–water partition coefficient (Wildman–Crippen LogP) is 2.44. The van der Waals surface area contributed by atoms with Crippen LogP contribution in [-0.2, 0) is 11.3 Å². The first-order chi connectivity index (χ1) is 11.4. The summed E-state index contributed by atoms with van der Waals surface area (Å²) < 4.78 is 14.6. The monoisotopic (exact) mass is 411 g/mol. The van der Waals surface area contributed by atoms with Gasteiger partial charge in [-0.15, -0.1) is 0 Å². The van der Waals surface area contributed by atoms with Crippen molar-refractivity contribution < 1.29 is 18.9 Å². The summed E-state index contributed by atoms with van der Waals surface area (Å²) in [5, 5.41) is 0.347. The molecule has 3 rings (SSSR count). The fraction of sp³-hybridized carbons (Fsp3) is 0.176. The van der Waals surface area contributed by atoms with Crippen LogP contribution < -0.4 is 9.80 Å². The minimum Gasteiger partial charge on any atom is -0.316 e. The smallest absolute Gasteiger partial charge is 0.303 e. The van der Waals surface area contributed by atoms with Gasteiger partial charge < -0.3 is 4.90 Å². The van der Waals surface area contributed by atoms with Crippen molar-refractivity contribution in [3.8, 4) is 0 Å². The molecule has 1 N–H and O–H groups in total. The van der Waals surface area contributed by atoms with Gasteiger partial charge in [-0.2, -0.15) is 0 Å². The predicted molar refractivity (Wildman–Crippen MR) is 92.8 cm³/mol. The van der Waals surface area contributed by atoms with Gasteiger partial charge in [0.15, 0.2) is 6.67 Å². The number of ketones is 1. The second kappa shape index (κ2) is 6.63. The van der Waals surface area contributed by atoms with Crippen molar-refractivity contribution in [1.82, 2.24) is 0 Å². The lowest BCUT2D eigenvalue weighted by atomic mass is 10.1. The molecule has 1 amide bonds. The standard InChI is InChI=1S/C17H13BrClFN2O2/c1-21(8-11-13(19)6-3-7-14(11)20)9-22-15-10(16(23)17(22)24)4-2-5-12(15)18/h2-7H,8-9H2,1H3/p+1. The number of fused-ring (bicyclic) bond motifs is 1. The van der Waals surface area contributed by atoms with Crippen LogP contribution >= 0.6 is 27.5 Å². The summed E-state index contributed by atoms with van der Waals surface area (Å²) in [7, 11) is 1.81. The van der Waals surface area contributed by atoms with E-state index in [1.54, 1.807) is 30.3 Å². The molecule has 0 fully saturated rings. The van der Waals surface area contributed by atoms with Crippen molar-refractivity contribution in [2.75, 3.05) is 18.6 Å². The Morgan fingerprint density at radius 1 is 1.21 bits per heavy atom. The van der Waals surface area contributed by atoms with Crippen molar-refractivity contribution in [2.24, 2.45) is 0 Å². The zero-order valence-corrected chi connectivity index (χ0v) is 15.1. The number of amides is 1. The van der Waals surface area contributed by atoms with Gasteiger partial charge in [-0.1, -0.05) is 23.7 Å². The van der Waals surface area contributed by atoms with Gasteiger partial charge in [0.1, 0.15) is 12.4 Å². The van der Waals surface area contributed by atoms with Gasteiger partial charge in [0.2, 0.25) is 0 Å². The third-order valence-corrected chi connectivity index (χ3v) is 4.90. The summed E-state index contributed by atoms with van der Waals surface area (Å²) in [6.07, 6.45) is 0. The van der Waals surface area contributed by atoms with Crippen molar-refractivity contribution in [3.63, 3.8) is 0 Å². The zero-order valence-electron chi connectivity index (χ0n) is 12.8. The maximum Gasteiger partial charge on any atom is 0.303 e. The molecule has 1 unspecified atom stereocenters. The number of halogens is 3. The Hall–Kier alpha value is -1.76. The van der Waals surface area contributed by atoms with Crippen molar-refractivity contribution in [3.05, 3.63) is 62.8 Å². The van der Waals surface area contributed by atoms with E-state index in [0.29, 0.717) is 32.9 Å². The topological polar surface area (TPSA) is 41.8 Å². The van der Waals surface area contributed by atoms with Crippen LogP contribution in [0, 0.1) is 5.82 Å². The Bertz CT molecular complexity index is 823. The molecule has 2 aromatic carbocycles. The average Bonchev–Trinajstić information content (AvgIpc) is 2.77. The Kier molecular flexibility index (Phi) is 4.71. The fourth-order valence-electron chi connectivity index (χ4n) is 2.79. The third-order valence-electron chi connectivity index (χ3n) is 3.91. The highest BCUT2D eigenvalue weighted by Gasteiger charge is 2.38. The Morgan fingerprint density at radius 3 is 2.62 bits per heavy atom. The SMILES string of the molecule is C[NH+](Cc1c(F)cccc1Cl)CN1C(=O)C(=O)c2cccc(Br)c21. The maximum atomic E-state index is 13.9. The van der Waals surface area contributed by atoms with E-state index < -0.39 is 11.7 Å². The van der Waals surface area contributed by atoms with Crippen LogP contribution in [0.3, 0.4) is 0 Å². The quantitative estimate of drug-likeness (QED) is 0.784. The number of quaternary nitrogens is 1. The summed E-state index contributed by atoms with van der Waals surface area (Å²) in [5.74, 6) is -1.48. The normalized spacial score (nSPS) is 14.9. The molecule has 1 heterocycles. The molecule has 1 aliphatic rings. The first kappa shape index (κ1) is 17.1. The number of anilines is 1. The van der Waals surface area contributed by atoms with Gasteiger partial charge in [-0.3, -0.25) is 14.5 Å². The Labute approximate surface area is 151 Å². The number of hydrogen-bond acceptors (Lipinski definition) is 2. The van der Waals surface area contributed by atoms with Crippen LogP contribution in [0.2, 0.25) is 5.02 Å². The minimum atomic E-state index is -0.573. The lowest BCUT2D eigenvalue weighted by Crippen LogP contribution is -3.09. The highest BCUT2D eigenvalue weighted by molar-refractivity contribution is 9.10. The second-order valence-corrected chi connectivity index (χ2v) is 6.95. The minimum absolute atomic E-state index is 0.227. The van der Waals surface area contributed by atoms with Crippen LogP contribution in [0.5, 0.6) is 0 Å². The molecule has 124 valence electrons. The molecule has 0 aliphatic carbocycles. The van der Waals surface area contributed by atoms with E-state index in [9.17, 15) is 14.0 Å². The first-order valence-electron chi connectivity index (χ1n) is 7.29. The molecule has 0 aromatic heterocycles. The van der Waals surface area contributed by atoms with Gasteiger partial charge in [-0.05, 0) is 40.2 Å². The van der Waals surface area contributed by atoms with E-state index >= 15 is 0 Å². The summed E-state index contributed by atoms with van der Waals surface area (Å²) in [6, 6.07) is 9.65. The lowest BCUT2D eigenvalue weighted by Gasteiger charge is -2.23. The Morgan fingerprint density at radius 2 is 1.92 bits per heavy atom. The van der Waals surface area contributed by atoms with Crippen molar-refractivity contribution >= 4 is 44.9 Å². The lowest BCUT2D eigenvalue weighted by molar-refractivity contribution is -0.892. The number of hydrogen-bond donors (Lipinski definition) is 1. The Balaban J connectivity index is 1.84. The van der Waals surface area contributed by atoms with Crippen LogP contribution in [-0.4, -0.2) is 25.4 Å². The van der Waals surface area contributed by atoms with Gasteiger partial charge in [0, 0.05) is 4.47 Å². The van der Waals surface area contributed by atoms with Gasteiger partial charge in [0.05, 0.1) is 28.9 Å². The van der Waals surface area contributed by atoms with Crippen LogP contribution in [0.1, 0.15) is 15.9 Å². The maximum absolute atomic E-state index is 13.9. The summed E-state index contributed by atoms with van der Waals surface area (Å²) in [4.78, 5) is 26.6. The van der Waals surface area contributed by atoms with Crippen molar-refractivity contribution in [1.29, 1.82) is 0 Å². The van der Waals surface area contributed by atoms with Crippen LogP contribution in [0.15, 0.2) is 40.9 Å². The van der Waals surface area contributed by atoms with E-state index in [4.69, 9.17) is 11.6 Å². The molecular formula is C17H14BrClFN2O2+. The van der Waals surface area contributed by atoms with E-state index in [1.807, 2.05) is 7.05 Å². The molecule has 4 nitrogen and oxygen atoms in total. The third kappa shape index (κ3) is 2.97. The van der Waals surface area contributed by atoms with E-state index in [1.165, 1.54) is 11.0 Å². The van der Waals surface area contributed by atoms with E-state index in [2.05, 4.69) is 15.9 Å². The van der Waals surface area contributed by atoms with E-state index in [-0.39, 0.29) is 12.5 Å². The number of benzene rings is 2. The molecule has 1 aliphatic heterocycles. The highest BCUT2D eigenvalue weighted by atomic mass is 79.9. The molecule has 2 aromatic rings. The van der Waals surface area contributed by atoms with Crippen LogP contribution in [0.25, 0.3) is 0 Å². The average molecular weight is 413 g/mol. The number of rotatable bonds is 4. The molecule has 0 bridgehead atoms. The fourth-order valence-corrected chi connectivity index (χ4v) is 3.60. The number of para-hydroxylation sites is 1. The van der Waals surface area contributed by atoms with Gasteiger partial charge in [0.25, 0.3) is 5.78 Å². The second-order valence-electron chi connectivity index (χ2n) is 5.69. The van der Waals surface area contributed by atoms with Crippen LogP contribution in [0.4, 0.5) is 10.1 Å². The molecule has 0 saturated heterocycles. The molecule has 1 atom stereocenters. The molecule has 0 radical (unpaired) electrons. The molecule has 24 heavy (non-hydrogen) atoms. The van der Waals surface area contributed by atoms with Crippen molar-refractivity contribution in [2.45, 2.75) is 6.54 Å². The van der Waals surface area contributed by atoms with E-state index in [0.717, 1.165) is 4.90 Å². The molecule has 0 saturated carbocycles. The summed E-state index contributed by atoms with van der Waals surface area (Å²) >= 11 is 9.44.